The first-order chi connectivity index (χ1) is 6.46. The molecule has 0 aromatic rings. The van der Waals surface area contributed by atoms with Crippen molar-refractivity contribution < 1.29 is 9.53 Å². The molecule has 14 heavy (non-hydrogen) atoms. The number of rotatable bonds is 3. The second-order valence-corrected chi connectivity index (χ2v) is 4.38. The zero-order chi connectivity index (χ0) is 10.8. The quantitative estimate of drug-likeness (QED) is 0.693. The summed E-state index contributed by atoms with van der Waals surface area (Å²) >= 11 is 0. The highest BCUT2D eigenvalue weighted by Gasteiger charge is 2.40. The number of ether oxygens (including phenoxy) is 1. The maximum Gasteiger partial charge on any atom is 0.237 e. The van der Waals surface area contributed by atoms with Gasteiger partial charge in [-0.15, -0.1) is 0 Å². The second-order valence-electron chi connectivity index (χ2n) is 4.38. The standard InChI is InChI=1S/C10H20N2O2/c1-7(2)12-10(9(11)13)4-5-14-8(3)6-10/h7-8,12H,4-6H2,1-3H3,(H2,11,13). The Balaban J connectivity index is 2.75. The van der Waals surface area contributed by atoms with E-state index in [0.717, 1.165) is 0 Å². The van der Waals surface area contributed by atoms with E-state index in [-0.39, 0.29) is 18.1 Å². The third-order valence-corrected chi connectivity index (χ3v) is 2.60. The fraction of sp³-hybridized carbons (Fsp3) is 0.900. The molecule has 0 spiro atoms. The average molecular weight is 200 g/mol. The first-order valence-electron chi connectivity index (χ1n) is 5.15. The molecule has 1 amide bonds. The number of amides is 1. The molecular weight excluding hydrogens is 180 g/mol. The van der Waals surface area contributed by atoms with Crippen molar-refractivity contribution in [3.05, 3.63) is 0 Å². The van der Waals surface area contributed by atoms with Crippen molar-refractivity contribution in [3.63, 3.8) is 0 Å². The SMILES string of the molecule is CC(C)NC1(C(N)=O)CCOC(C)C1. The molecular formula is C10H20N2O2. The number of nitrogens with one attached hydrogen (secondary N) is 1. The van der Waals surface area contributed by atoms with E-state index in [1.165, 1.54) is 0 Å². The van der Waals surface area contributed by atoms with Crippen molar-refractivity contribution in [1.82, 2.24) is 5.32 Å². The molecule has 4 heteroatoms. The molecule has 0 bridgehead atoms. The van der Waals surface area contributed by atoms with Crippen LogP contribution in [0.2, 0.25) is 0 Å². The molecule has 2 atom stereocenters. The Kier molecular flexibility index (Phi) is 3.50. The van der Waals surface area contributed by atoms with E-state index >= 15 is 0 Å². The highest BCUT2D eigenvalue weighted by Crippen LogP contribution is 2.25. The van der Waals surface area contributed by atoms with Gasteiger partial charge in [0.25, 0.3) is 0 Å². The average Bonchev–Trinajstić information content (AvgIpc) is 2.02. The van der Waals surface area contributed by atoms with Gasteiger partial charge in [0.1, 0.15) is 5.54 Å². The number of hydrogen-bond donors (Lipinski definition) is 2. The van der Waals surface area contributed by atoms with Gasteiger partial charge in [0.15, 0.2) is 0 Å². The van der Waals surface area contributed by atoms with Gasteiger partial charge < -0.3 is 15.8 Å². The summed E-state index contributed by atoms with van der Waals surface area (Å²) in [6, 6.07) is 0.257. The Morgan fingerprint density at radius 2 is 2.29 bits per heavy atom. The van der Waals surface area contributed by atoms with Crippen molar-refractivity contribution in [2.24, 2.45) is 5.73 Å². The molecule has 0 aromatic carbocycles. The Bertz CT molecular complexity index is 214. The van der Waals surface area contributed by atoms with Crippen molar-refractivity contribution in [2.75, 3.05) is 6.61 Å². The Morgan fingerprint density at radius 3 is 2.71 bits per heavy atom. The summed E-state index contributed by atoms with van der Waals surface area (Å²) in [5, 5.41) is 3.27. The minimum absolute atomic E-state index is 0.0995. The van der Waals surface area contributed by atoms with Gasteiger partial charge in [-0.3, -0.25) is 4.79 Å². The molecule has 1 saturated heterocycles. The van der Waals surface area contributed by atoms with Crippen LogP contribution in [0.4, 0.5) is 0 Å². The third kappa shape index (κ3) is 2.45. The summed E-state index contributed by atoms with van der Waals surface area (Å²) in [5.41, 5.74) is 4.89. The minimum Gasteiger partial charge on any atom is -0.378 e. The molecule has 0 saturated carbocycles. The van der Waals surface area contributed by atoms with E-state index in [1.807, 2.05) is 20.8 Å². The predicted molar refractivity (Wildman–Crippen MR) is 54.8 cm³/mol. The van der Waals surface area contributed by atoms with Crippen LogP contribution in [-0.4, -0.2) is 30.2 Å². The molecule has 1 rings (SSSR count). The topological polar surface area (TPSA) is 64.3 Å². The smallest absolute Gasteiger partial charge is 0.237 e. The van der Waals surface area contributed by atoms with Gasteiger partial charge in [0, 0.05) is 19.1 Å². The predicted octanol–water partition coefficient (Wildman–Crippen LogP) is 0.407. The minimum atomic E-state index is -0.564. The lowest BCUT2D eigenvalue weighted by Gasteiger charge is -2.39. The van der Waals surface area contributed by atoms with E-state index < -0.39 is 5.54 Å². The van der Waals surface area contributed by atoms with Gasteiger partial charge in [-0.2, -0.15) is 0 Å². The molecule has 0 radical (unpaired) electrons. The van der Waals surface area contributed by atoms with Crippen LogP contribution < -0.4 is 11.1 Å². The summed E-state index contributed by atoms with van der Waals surface area (Å²) in [6.07, 6.45) is 1.44. The zero-order valence-electron chi connectivity index (χ0n) is 9.17. The number of nitrogens with two attached hydrogens (primary N) is 1. The largest absolute Gasteiger partial charge is 0.378 e. The van der Waals surface area contributed by atoms with Crippen LogP contribution in [0.15, 0.2) is 0 Å². The Hall–Kier alpha value is -0.610. The lowest BCUT2D eigenvalue weighted by Crippen LogP contribution is -2.61. The first kappa shape index (κ1) is 11.5. The molecule has 4 nitrogen and oxygen atoms in total. The molecule has 1 heterocycles. The van der Waals surface area contributed by atoms with Gasteiger partial charge in [0.2, 0.25) is 5.91 Å². The van der Waals surface area contributed by atoms with Crippen molar-refractivity contribution >= 4 is 5.91 Å². The van der Waals surface area contributed by atoms with E-state index in [2.05, 4.69) is 5.32 Å². The van der Waals surface area contributed by atoms with Crippen molar-refractivity contribution in [3.8, 4) is 0 Å². The van der Waals surface area contributed by atoms with Crippen LogP contribution in [-0.2, 0) is 9.53 Å². The van der Waals surface area contributed by atoms with Crippen molar-refractivity contribution in [2.45, 2.75) is 51.3 Å². The monoisotopic (exact) mass is 200 g/mol. The fourth-order valence-corrected chi connectivity index (χ4v) is 2.06. The van der Waals surface area contributed by atoms with Gasteiger partial charge in [-0.25, -0.2) is 0 Å². The normalized spacial score (nSPS) is 33.3. The summed E-state index contributed by atoms with van der Waals surface area (Å²) < 4.78 is 5.42. The van der Waals surface area contributed by atoms with E-state index in [0.29, 0.717) is 19.4 Å². The highest BCUT2D eigenvalue weighted by atomic mass is 16.5. The Labute approximate surface area is 85.2 Å². The number of hydrogen-bond acceptors (Lipinski definition) is 3. The van der Waals surface area contributed by atoms with Crippen LogP contribution in [0.25, 0.3) is 0 Å². The highest BCUT2D eigenvalue weighted by molar-refractivity contribution is 5.84. The molecule has 1 fully saturated rings. The van der Waals surface area contributed by atoms with E-state index in [4.69, 9.17) is 10.5 Å². The van der Waals surface area contributed by atoms with Gasteiger partial charge in [-0.05, 0) is 27.2 Å². The van der Waals surface area contributed by atoms with Gasteiger partial charge >= 0.3 is 0 Å². The van der Waals surface area contributed by atoms with Gasteiger partial charge in [-0.1, -0.05) is 0 Å². The third-order valence-electron chi connectivity index (χ3n) is 2.60. The first-order valence-corrected chi connectivity index (χ1v) is 5.15. The fourth-order valence-electron chi connectivity index (χ4n) is 2.06. The van der Waals surface area contributed by atoms with E-state index in [1.54, 1.807) is 0 Å². The number of carbonyl (C=O) groups is 1. The van der Waals surface area contributed by atoms with Crippen molar-refractivity contribution in [1.29, 1.82) is 0 Å². The van der Waals surface area contributed by atoms with Gasteiger partial charge in [0.05, 0.1) is 6.10 Å². The maximum absolute atomic E-state index is 11.5. The lowest BCUT2D eigenvalue weighted by atomic mass is 9.85. The lowest BCUT2D eigenvalue weighted by molar-refractivity contribution is -0.131. The molecule has 2 unspecified atom stereocenters. The van der Waals surface area contributed by atoms with Crippen LogP contribution in [0.5, 0.6) is 0 Å². The van der Waals surface area contributed by atoms with Crippen LogP contribution in [0, 0.1) is 0 Å². The van der Waals surface area contributed by atoms with E-state index in [9.17, 15) is 4.79 Å². The summed E-state index contributed by atoms with van der Waals surface area (Å²) in [6.45, 7) is 6.61. The number of primary amides is 1. The summed E-state index contributed by atoms with van der Waals surface area (Å²) in [4.78, 5) is 11.5. The summed E-state index contributed by atoms with van der Waals surface area (Å²) in [7, 11) is 0. The molecule has 1 aliphatic heterocycles. The number of carbonyl (C=O) groups excluding carboxylic acids is 1. The molecule has 0 aliphatic carbocycles. The van der Waals surface area contributed by atoms with Crippen LogP contribution >= 0.6 is 0 Å². The Morgan fingerprint density at radius 1 is 1.64 bits per heavy atom. The maximum atomic E-state index is 11.5. The zero-order valence-corrected chi connectivity index (χ0v) is 9.17. The molecule has 0 aromatic heterocycles. The molecule has 3 N–H and O–H groups in total. The summed E-state index contributed by atoms with van der Waals surface area (Å²) in [5.74, 6) is -0.263. The second kappa shape index (κ2) is 4.28. The molecule has 82 valence electrons. The van der Waals surface area contributed by atoms with Crippen LogP contribution in [0.3, 0.4) is 0 Å². The van der Waals surface area contributed by atoms with Crippen LogP contribution in [0.1, 0.15) is 33.6 Å². The molecule has 1 aliphatic rings.